The first-order valence-electron chi connectivity index (χ1n) is 7.31. The molecule has 0 spiro atoms. The van der Waals surface area contributed by atoms with Crippen LogP contribution in [0.2, 0.25) is 5.15 Å². The lowest BCUT2D eigenvalue weighted by atomic mass is 9.91. The lowest BCUT2D eigenvalue weighted by molar-refractivity contribution is -0.122. The van der Waals surface area contributed by atoms with E-state index in [1.54, 1.807) is 0 Å². The van der Waals surface area contributed by atoms with Crippen molar-refractivity contribution < 1.29 is 4.79 Å². The molecule has 1 amide bonds. The molecule has 106 valence electrons. The van der Waals surface area contributed by atoms with Crippen LogP contribution in [0.4, 0.5) is 5.82 Å². The van der Waals surface area contributed by atoms with E-state index in [2.05, 4.69) is 15.2 Å². The summed E-state index contributed by atoms with van der Waals surface area (Å²) in [7, 11) is 0. The molecule has 2 unspecified atom stereocenters. The Kier molecular flexibility index (Phi) is 2.84. The zero-order valence-corrected chi connectivity index (χ0v) is 11.9. The molecule has 1 saturated carbocycles. The van der Waals surface area contributed by atoms with Gasteiger partial charge in [-0.3, -0.25) is 4.79 Å². The molecule has 1 aromatic rings. The van der Waals surface area contributed by atoms with E-state index in [1.807, 2.05) is 6.07 Å². The fraction of sp³-hybridized carbons (Fsp3) is 0.643. The standard InChI is InChI=1S/C14H17ClN4O/c15-11-6-12(18-13(17-11)8-3-4-8)19-5-1-2-9-10(19)7-16-14(9)20/h6,8-10H,1-5,7H2,(H,16,20). The van der Waals surface area contributed by atoms with Crippen LogP contribution in [-0.2, 0) is 4.79 Å². The normalized spacial score (nSPS) is 29.2. The molecule has 2 saturated heterocycles. The van der Waals surface area contributed by atoms with Gasteiger partial charge >= 0.3 is 0 Å². The fourth-order valence-electron chi connectivity index (χ4n) is 3.33. The van der Waals surface area contributed by atoms with Gasteiger partial charge in [0.15, 0.2) is 0 Å². The average molecular weight is 293 g/mol. The lowest BCUT2D eigenvalue weighted by Gasteiger charge is -2.36. The summed E-state index contributed by atoms with van der Waals surface area (Å²) in [5.74, 6) is 2.52. The Labute approximate surface area is 122 Å². The maximum Gasteiger partial charge on any atom is 0.225 e. The summed E-state index contributed by atoms with van der Waals surface area (Å²) in [6.07, 6.45) is 4.31. The second kappa shape index (κ2) is 4.58. The molecule has 3 heterocycles. The number of fused-ring (bicyclic) bond motifs is 1. The minimum absolute atomic E-state index is 0.0989. The summed E-state index contributed by atoms with van der Waals surface area (Å²) in [5, 5.41) is 3.48. The number of piperidine rings is 1. The third-order valence-electron chi connectivity index (χ3n) is 4.54. The van der Waals surface area contributed by atoms with Crippen molar-refractivity contribution in [2.75, 3.05) is 18.0 Å². The maximum absolute atomic E-state index is 11.8. The number of hydrogen-bond acceptors (Lipinski definition) is 4. The Bertz CT molecular complexity index is 560. The highest BCUT2D eigenvalue weighted by molar-refractivity contribution is 6.29. The highest BCUT2D eigenvalue weighted by Crippen LogP contribution is 2.40. The van der Waals surface area contributed by atoms with Crippen LogP contribution in [0, 0.1) is 5.92 Å². The van der Waals surface area contributed by atoms with Crippen molar-refractivity contribution >= 4 is 23.3 Å². The van der Waals surface area contributed by atoms with E-state index < -0.39 is 0 Å². The molecule has 6 heteroatoms. The fourth-order valence-corrected chi connectivity index (χ4v) is 3.51. The Morgan fingerprint density at radius 3 is 2.95 bits per heavy atom. The van der Waals surface area contributed by atoms with Crippen LogP contribution in [0.5, 0.6) is 0 Å². The number of carbonyl (C=O) groups excluding carboxylic acids is 1. The van der Waals surface area contributed by atoms with Crippen LogP contribution in [0.25, 0.3) is 0 Å². The molecule has 3 fully saturated rings. The van der Waals surface area contributed by atoms with E-state index in [9.17, 15) is 4.79 Å². The molecule has 1 N–H and O–H groups in total. The minimum Gasteiger partial charge on any atom is -0.354 e. The average Bonchev–Trinajstić information content (AvgIpc) is 3.23. The molecule has 2 aliphatic heterocycles. The van der Waals surface area contributed by atoms with E-state index in [-0.39, 0.29) is 17.9 Å². The number of aromatic nitrogens is 2. The second-order valence-electron chi connectivity index (χ2n) is 5.94. The van der Waals surface area contributed by atoms with Crippen LogP contribution in [0.15, 0.2) is 6.07 Å². The highest BCUT2D eigenvalue weighted by atomic mass is 35.5. The van der Waals surface area contributed by atoms with Crippen LogP contribution in [-0.4, -0.2) is 35.0 Å². The molecular weight excluding hydrogens is 276 g/mol. The van der Waals surface area contributed by atoms with Crippen molar-refractivity contribution in [1.29, 1.82) is 0 Å². The number of halogens is 1. The molecule has 0 radical (unpaired) electrons. The smallest absolute Gasteiger partial charge is 0.225 e. The van der Waals surface area contributed by atoms with E-state index >= 15 is 0 Å². The van der Waals surface area contributed by atoms with Gasteiger partial charge in [-0.2, -0.15) is 0 Å². The van der Waals surface area contributed by atoms with E-state index in [0.29, 0.717) is 17.6 Å². The van der Waals surface area contributed by atoms with Crippen LogP contribution in [0.1, 0.15) is 37.4 Å². The SMILES string of the molecule is O=C1NCC2C1CCCN2c1cc(Cl)nc(C2CC2)n1. The molecule has 1 aliphatic carbocycles. The summed E-state index contributed by atoms with van der Waals surface area (Å²) in [5.41, 5.74) is 0. The van der Waals surface area contributed by atoms with Crippen molar-refractivity contribution in [3.8, 4) is 0 Å². The van der Waals surface area contributed by atoms with Crippen molar-refractivity contribution in [2.24, 2.45) is 5.92 Å². The summed E-state index contributed by atoms with van der Waals surface area (Å²) < 4.78 is 0. The van der Waals surface area contributed by atoms with Gasteiger partial charge in [-0.15, -0.1) is 0 Å². The molecule has 1 aromatic heterocycles. The molecular formula is C14H17ClN4O. The van der Waals surface area contributed by atoms with E-state index in [0.717, 1.165) is 43.9 Å². The second-order valence-corrected chi connectivity index (χ2v) is 6.32. The largest absolute Gasteiger partial charge is 0.354 e. The Morgan fingerprint density at radius 1 is 1.30 bits per heavy atom. The first kappa shape index (κ1) is 12.4. The van der Waals surface area contributed by atoms with Gasteiger partial charge in [0.25, 0.3) is 0 Å². The quantitative estimate of drug-likeness (QED) is 0.843. The van der Waals surface area contributed by atoms with Crippen molar-refractivity contribution in [3.05, 3.63) is 17.0 Å². The molecule has 0 aromatic carbocycles. The minimum atomic E-state index is 0.0989. The van der Waals surface area contributed by atoms with Crippen LogP contribution < -0.4 is 10.2 Å². The Balaban J connectivity index is 1.67. The van der Waals surface area contributed by atoms with Crippen molar-refractivity contribution in [2.45, 2.75) is 37.6 Å². The van der Waals surface area contributed by atoms with Crippen LogP contribution >= 0.6 is 11.6 Å². The third kappa shape index (κ3) is 2.04. The molecule has 20 heavy (non-hydrogen) atoms. The number of hydrogen-bond donors (Lipinski definition) is 1. The Hall–Kier alpha value is -1.36. The van der Waals surface area contributed by atoms with Crippen molar-refractivity contribution in [3.63, 3.8) is 0 Å². The topological polar surface area (TPSA) is 58.1 Å². The van der Waals surface area contributed by atoms with Gasteiger partial charge in [0.05, 0.1) is 12.0 Å². The van der Waals surface area contributed by atoms with Gasteiger partial charge in [0, 0.05) is 25.1 Å². The van der Waals surface area contributed by atoms with Gasteiger partial charge < -0.3 is 10.2 Å². The van der Waals surface area contributed by atoms with Gasteiger partial charge in [0.1, 0.15) is 16.8 Å². The molecule has 0 bridgehead atoms. The zero-order valence-electron chi connectivity index (χ0n) is 11.2. The lowest BCUT2D eigenvalue weighted by Crippen LogP contribution is -2.46. The molecule has 3 aliphatic rings. The number of anilines is 1. The summed E-state index contributed by atoms with van der Waals surface area (Å²) in [4.78, 5) is 23.1. The van der Waals surface area contributed by atoms with E-state index in [4.69, 9.17) is 16.6 Å². The summed E-state index contributed by atoms with van der Waals surface area (Å²) in [6, 6.07) is 2.05. The number of nitrogens with zero attached hydrogens (tertiary/aromatic N) is 3. The number of carbonyl (C=O) groups is 1. The number of amides is 1. The zero-order chi connectivity index (χ0) is 13.7. The third-order valence-corrected chi connectivity index (χ3v) is 4.73. The summed E-state index contributed by atoms with van der Waals surface area (Å²) >= 11 is 6.15. The molecule has 2 atom stereocenters. The predicted octanol–water partition coefficient (Wildman–Crippen LogP) is 1.72. The van der Waals surface area contributed by atoms with E-state index in [1.165, 1.54) is 0 Å². The predicted molar refractivity (Wildman–Crippen MR) is 75.9 cm³/mol. The number of nitrogens with one attached hydrogen (secondary N) is 1. The maximum atomic E-state index is 11.8. The van der Waals surface area contributed by atoms with Gasteiger partial charge in [-0.05, 0) is 25.7 Å². The van der Waals surface area contributed by atoms with Gasteiger partial charge in [0.2, 0.25) is 5.91 Å². The highest BCUT2D eigenvalue weighted by Gasteiger charge is 2.41. The van der Waals surface area contributed by atoms with Crippen molar-refractivity contribution in [1.82, 2.24) is 15.3 Å². The monoisotopic (exact) mass is 292 g/mol. The van der Waals surface area contributed by atoms with Gasteiger partial charge in [-0.1, -0.05) is 11.6 Å². The summed E-state index contributed by atoms with van der Waals surface area (Å²) in [6.45, 7) is 1.65. The van der Waals surface area contributed by atoms with Gasteiger partial charge in [-0.25, -0.2) is 9.97 Å². The molecule has 4 rings (SSSR count). The number of rotatable bonds is 2. The first-order valence-corrected chi connectivity index (χ1v) is 7.69. The van der Waals surface area contributed by atoms with Crippen LogP contribution in [0.3, 0.4) is 0 Å². The Morgan fingerprint density at radius 2 is 2.15 bits per heavy atom. The first-order chi connectivity index (χ1) is 9.72. The molecule has 5 nitrogen and oxygen atoms in total.